The highest BCUT2D eigenvalue weighted by Gasteiger charge is 2.31. The summed E-state index contributed by atoms with van der Waals surface area (Å²) in [7, 11) is 2.11. The zero-order valence-corrected chi connectivity index (χ0v) is 16.1. The van der Waals surface area contributed by atoms with E-state index >= 15 is 0 Å². The maximum atomic E-state index is 11.6. The fourth-order valence-electron chi connectivity index (χ4n) is 4.07. The fourth-order valence-corrected chi connectivity index (χ4v) is 4.07. The SMILES string of the molecule is Cc1cc2c(cc1CN(C=O)C(C=O)CCC=O)N1CCNCC1CN2C. The Balaban J connectivity index is 1.89. The van der Waals surface area contributed by atoms with Crippen molar-refractivity contribution in [3.63, 3.8) is 0 Å². The molecule has 0 aliphatic carbocycles. The number of carbonyl (C=O) groups excluding carboxylic acids is 3. The Hall–Kier alpha value is -2.41. The largest absolute Gasteiger partial charge is 0.371 e. The van der Waals surface area contributed by atoms with Gasteiger partial charge in [0.25, 0.3) is 0 Å². The van der Waals surface area contributed by atoms with Crippen molar-refractivity contribution in [2.75, 3.05) is 43.0 Å². The summed E-state index contributed by atoms with van der Waals surface area (Å²) >= 11 is 0. The van der Waals surface area contributed by atoms with Crippen molar-refractivity contribution in [1.29, 1.82) is 0 Å². The molecule has 1 fully saturated rings. The Morgan fingerprint density at radius 3 is 2.81 bits per heavy atom. The van der Waals surface area contributed by atoms with Gasteiger partial charge in [0.1, 0.15) is 12.6 Å². The van der Waals surface area contributed by atoms with Gasteiger partial charge in [0.15, 0.2) is 0 Å². The van der Waals surface area contributed by atoms with E-state index in [0.29, 0.717) is 25.4 Å². The highest BCUT2D eigenvalue weighted by molar-refractivity contribution is 5.76. The minimum Gasteiger partial charge on any atom is -0.371 e. The third-order valence-corrected chi connectivity index (χ3v) is 5.64. The molecule has 0 saturated carbocycles. The first-order valence-corrected chi connectivity index (χ1v) is 9.51. The van der Waals surface area contributed by atoms with Gasteiger partial charge in [-0.3, -0.25) is 4.79 Å². The fraction of sp³-hybridized carbons (Fsp3) is 0.550. The van der Waals surface area contributed by atoms with Gasteiger partial charge in [-0.2, -0.15) is 0 Å². The highest BCUT2D eigenvalue weighted by atomic mass is 16.1. The molecule has 3 rings (SSSR count). The van der Waals surface area contributed by atoms with E-state index in [1.54, 1.807) is 0 Å². The lowest BCUT2D eigenvalue weighted by Crippen LogP contribution is -2.58. The molecule has 146 valence electrons. The van der Waals surface area contributed by atoms with E-state index in [0.717, 1.165) is 49.9 Å². The number of likely N-dealkylation sites (N-methyl/N-ethyl adjacent to an activating group) is 1. The van der Waals surface area contributed by atoms with Crippen molar-refractivity contribution < 1.29 is 14.4 Å². The van der Waals surface area contributed by atoms with E-state index in [1.165, 1.54) is 16.3 Å². The molecule has 0 spiro atoms. The molecular weight excluding hydrogens is 344 g/mol. The van der Waals surface area contributed by atoms with Crippen LogP contribution in [-0.2, 0) is 20.9 Å². The lowest BCUT2D eigenvalue weighted by molar-refractivity contribution is -0.126. The second kappa shape index (κ2) is 8.52. The molecule has 1 aromatic rings. The maximum absolute atomic E-state index is 11.6. The number of hydrogen-bond acceptors (Lipinski definition) is 6. The first kappa shape index (κ1) is 19.4. The predicted molar refractivity (Wildman–Crippen MR) is 105 cm³/mol. The van der Waals surface area contributed by atoms with E-state index in [4.69, 9.17) is 0 Å². The molecule has 2 unspecified atom stereocenters. The van der Waals surface area contributed by atoms with Crippen molar-refractivity contribution >= 4 is 30.4 Å². The number of fused-ring (bicyclic) bond motifs is 3. The van der Waals surface area contributed by atoms with Crippen LogP contribution in [0.4, 0.5) is 11.4 Å². The van der Waals surface area contributed by atoms with Crippen LogP contribution in [0, 0.1) is 6.92 Å². The molecule has 1 saturated heterocycles. The van der Waals surface area contributed by atoms with Gasteiger partial charge in [-0.1, -0.05) is 0 Å². The highest BCUT2D eigenvalue weighted by Crippen LogP contribution is 2.37. The number of benzene rings is 1. The number of aryl methyl sites for hydroxylation is 1. The molecule has 0 bridgehead atoms. The first-order chi connectivity index (χ1) is 13.1. The summed E-state index contributed by atoms with van der Waals surface area (Å²) in [6.45, 7) is 6.28. The molecule has 2 aliphatic heterocycles. The van der Waals surface area contributed by atoms with Gasteiger partial charge in [0.2, 0.25) is 6.41 Å². The Labute approximate surface area is 160 Å². The van der Waals surface area contributed by atoms with Crippen molar-refractivity contribution in [1.82, 2.24) is 10.2 Å². The van der Waals surface area contributed by atoms with Gasteiger partial charge in [-0.05, 0) is 36.6 Å². The maximum Gasteiger partial charge on any atom is 0.210 e. The molecule has 2 aliphatic rings. The molecular formula is C20H28N4O3. The van der Waals surface area contributed by atoms with Crippen LogP contribution in [0.3, 0.4) is 0 Å². The van der Waals surface area contributed by atoms with E-state index < -0.39 is 6.04 Å². The number of nitrogens with zero attached hydrogens (tertiary/aromatic N) is 3. The monoisotopic (exact) mass is 372 g/mol. The molecule has 2 heterocycles. The van der Waals surface area contributed by atoms with Crippen molar-refractivity contribution in [3.8, 4) is 0 Å². The number of rotatable bonds is 8. The minimum absolute atomic E-state index is 0.268. The molecule has 2 atom stereocenters. The number of aldehydes is 2. The van der Waals surface area contributed by atoms with Gasteiger partial charge in [0.05, 0.1) is 23.5 Å². The van der Waals surface area contributed by atoms with Crippen LogP contribution in [-0.4, -0.2) is 69.2 Å². The lowest BCUT2D eigenvalue weighted by atomic mass is 9.99. The summed E-state index contributed by atoms with van der Waals surface area (Å²) in [6.07, 6.45) is 2.88. The smallest absolute Gasteiger partial charge is 0.210 e. The average Bonchev–Trinajstić information content (AvgIpc) is 2.68. The van der Waals surface area contributed by atoms with Crippen LogP contribution < -0.4 is 15.1 Å². The van der Waals surface area contributed by atoms with Gasteiger partial charge in [-0.25, -0.2) is 0 Å². The Morgan fingerprint density at radius 1 is 1.30 bits per heavy atom. The number of nitrogens with one attached hydrogen (secondary N) is 1. The van der Waals surface area contributed by atoms with Crippen LogP contribution in [0.25, 0.3) is 0 Å². The molecule has 1 amide bonds. The van der Waals surface area contributed by atoms with E-state index in [-0.39, 0.29) is 6.42 Å². The van der Waals surface area contributed by atoms with Crippen LogP contribution >= 0.6 is 0 Å². The molecule has 7 heteroatoms. The van der Waals surface area contributed by atoms with Gasteiger partial charge < -0.3 is 29.6 Å². The van der Waals surface area contributed by atoms with Crippen molar-refractivity contribution in [2.24, 2.45) is 0 Å². The molecule has 1 aromatic carbocycles. The third kappa shape index (κ3) is 3.98. The first-order valence-electron chi connectivity index (χ1n) is 9.51. The van der Waals surface area contributed by atoms with Crippen molar-refractivity contribution in [3.05, 3.63) is 23.3 Å². The summed E-state index contributed by atoms with van der Waals surface area (Å²) in [4.78, 5) is 39.9. The summed E-state index contributed by atoms with van der Waals surface area (Å²) in [5, 5.41) is 3.45. The zero-order chi connectivity index (χ0) is 19.4. The number of carbonyl (C=O) groups is 3. The van der Waals surface area contributed by atoms with Gasteiger partial charge in [-0.15, -0.1) is 0 Å². The van der Waals surface area contributed by atoms with Crippen LogP contribution in [0.1, 0.15) is 24.0 Å². The zero-order valence-electron chi connectivity index (χ0n) is 16.1. The molecule has 1 N–H and O–H groups in total. The predicted octanol–water partition coefficient (Wildman–Crippen LogP) is 0.728. The number of amides is 1. The number of hydrogen-bond donors (Lipinski definition) is 1. The molecule has 0 radical (unpaired) electrons. The van der Waals surface area contributed by atoms with Crippen LogP contribution in [0.2, 0.25) is 0 Å². The Kier molecular flexibility index (Phi) is 6.11. The van der Waals surface area contributed by atoms with E-state index in [9.17, 15) is 14.4 Å². The quantitative estimate of drug-likeness (QED) is 0.678. The Morgan fingerprint density at radius 2 is 2.11 bits per heavy atom. The summed E-state index contributed by atoms with van der Waals surface area (Å²) < 4.78 is 0. The molecule has 7 nitrogen and oxygen atoms in total. The normalized spacial score (nSPS) is 19.7. The van der Waals surface area contributed by atoms with E-state index in [2.05, 4.69) is 34.3 Å². The Bertz CT molecular complexity index is 709. The van der Waals surface area contributed by atoms with Crippen LogP contribution in [0.15, 0.2) is 12.1 Å². The van der Waals surface area contributed by atoms with Crippen LogP contribution in [0.5, 0.6) is 0 Å². The van der Waals surface area contributed by atoms with Gasteiger partial charge >= 0.3 is 0 Å². The summed E-state index contributed by atoms with van der Waals surface area (Å²) in [6, 6.07) is 4.20. The summed E-state index contributed by atoms with van der Waals surface area (Å²) in [5.74, 6) is 0. The molecule has 27 heavy (non-hydrogen) atoms. The molecule has 0 aromatic heterocycles. The van der Waals surface area contributed by atoms with E-state index in [1.807, 2.05) is 6.92 Å². The average molecular weight is 372 g/mol. The minimum atomic E-state index is -0.572. The number of anilines is 2. The van der Waals surface area contributed by atoms with Gasteiger partial charge in [0, 0.05) is 46.2 Å². The van der Waals surface area contributed by atoms with Crippen molar-refractivity contribution in [2.45, 2.75) is 38.4 Å². The topological polar surface area (TPSA) is 73.0 Å². The third-order valence-electron chi connectivity index (χ3n) is 5.64. The second-order valence-corrected chi connectivity index (χ2v) is 7.42. The lowest BCUT2D eigenvalue weighted by Gasteiger charge is -2.46. The standard InChI is InChI=1S/C20H28N4O3/c1-15-8-19-20(24-6-5-21-10-18(24)12-22(19)2)9-16(15)11-23(14-27)17(13-26)4-3-7-25/h7-9,13-14,17-18,21H,3-6,10-12H2,1-2H3. The summed E-state index contributed by atoms with van der Waals surface area (Å²) in [5.41, 5.74) is 4.53. The second-order valence-electron chi connectivity index (χ2n) is 7.42. The number of piperazine rings is 1.